The van der Waals surface area contributed by atoms with E-state index in [2.05, 4.69) is 15.3 Å². The van der Waals surface area contributed by atoms with E-state index in [1.807, 2.05) is 17.5 Å². The fourth-order valence-electron chi connectivity index (χ4n) is 4.11. The maximum Gasteiger partial charge on any atom is 0.269 e. The second-order valence-electron chi connectivity index (χ2n) is 7.59. The lowest BCUT2D eigenvalue weighted by atomic mass is 9.79. The monoisotopic (exact) mass is 466 g/mol. The summed E-state index contributed by atoms with van der Waals surface area (Å²) in [5.74, 6) is 0.671. The number of Topliss-reactive ketones (excluding diaryl/α,β-unsaturated/α-hetero) is 1. The maximum atomic E-state index is 13.1. The number of anilines is 1. The Kier molecular flexibility index (Phi) is 5.40. The molecule has 1 aromatic carbocycles. The molecule has 8 nitrogen and oxygen atoms in total. The van der Waals surface area contributed by atoms with Crippen LogP contribution in [-0.4, -0.2) is 20.7 Å². The van der Waals surface area contributed by atoms with Crippen LogP contribution < -0.4 is 10.9 Å². The topological polar surface area (TPSA) is 118 Å². The number of allylic oxidation sites excluding steroid dienone is 2. The number of aromatic nitrogens is 2. The Morgan fingerprint density at radius 1 is 1.19 bits per heavy atom. The molecule has 0 unspecified atom stereocenters. The van der Waals surface area contributed by atoms with Crippen molar-refractivity contribution in [2.24, 2.45) is 0 Å². The molecule has 162 valence electrons. The van der Waals surface area contributed by atoms with E-state index in [0.717, 1.165) is 29.0 Å². The second kappa shape index (κ2) is 8.36. The number of thioether (sulfide) groups is 1. The summed E-state index contributed by atoms with van der Waals surface area (Å²) < 4.78 is 0. The van der Waals surface area contributed by atoms with Gasteiger partial charge in [-0.2, -0.15) is 0 Å². The van der Waals surface area contributed by atoms with Gasteiger partial charge >= 0.3 is 0 Å². The molecule has 0 spiro atoms. The van der Waals surface area contributed by atoms with Gasteiger partial charge in [-0.3, -0.25) is 19.7 Å². The van der Waals surface area contributed by atoms with Crippen molar-refractivity contribution in [1.29, 1.82) is 0 Å². The standard InChI is InChI=1S/C22H18N4O4S2/c27-15-4-1-3-14-17(15)18(16-5-2-10-31-16)19-20(23-14)24-22(25-21(19)28)32-11-12-6-8-13(9-7-12)26(29)30/h2,5-10,18H,1,3-4,11H2,(H2,23,24,25,28)/t18-/m1/s1. The van der Waals surface area contributed by atoms with E-state index in [-0.39, 0.29) is 17.0 Å². The maximum absolute atomic E-state index is 13.1. The van der Waals surface area contributed by atoms with Crippen LogP contribution in [-0.2, 0) is 10.5 Å². The number of nitro groups is 1. The summed E-state index contributed by atoms with van der Waals surface area (Å²) in [6.07, 6.45) is 2.02. The van der Waals surface area contributed by atoms with E-state index in [9.17, 15) is 19.7 Å². The van der Waals surface area contributed by atoms with Gasteiger partial charge in [-0.05, 0) is 29.9 Å². The van der Waals surface area contributed by atoms with Gasteiger partial charge < -0.3 is 10.3 Å². The molecule has 10 heteroatoms. The zero-order valence-electron chi connectivity index (χ0n) is 16.8. The second-order valence-corrected chi connectivity index (χ2v) is 9.53. The number of ketones is 1. The van der Waals surface area contributed by atoms with Gasteiger partial charge in [0.15, 0.2) is 10.9 Å². The highest BCUT2D eigenvalue weighted by Gasteiger charge is 2.38. The summed E-state index contributed by atoms with van der Waals surface area (Å²) in [7, 11) is 0. The molecule has 2 N–H and O–H groups in total. The van der Waals surface area contributed by atoms with Crippen molar-refractivity contribution < 1.29 is 9.72 Å². The van der Waals surface area contributed by atoms with Crippen molar-refractivity contribution >= 4 is 40.4 Å². The van der Waals surface area contributed by atoms with Gasteiger partial charge in [0.2, 0.25) is 0 Å². The third-order valence-corrected chi connectivity index (χ3v) is 7.47. The lowest BCUT2D eigenvalue weighted by molar-refractivity contribution is -0.384. The van der Waals surface area contributed by atoms with Crippen LogP contribution in [0.5, 0.6) is 0 Å². The molecule has 1 aliphatic carbocycles. The van der Waals surface area contributed by atoms with Crippen molar-refractivity contribution in [3.8, 4) is 0 Å². The number of carbonyl (C=O) groups is 1. The molecular weight excluding hydrogens is 448 g/mol. The molecule has 0 radical (unpaired) electrons. The van der Waals surface area contributed by atoms with Crippen LogP contribution in [0.2, 0.25) is 0 Å². The summed E-state index contributed by atoms with van der Waals surface area (Å²) >= 11 is 2.87. The van der Waals surface area contributed by atoms with E-state index < -0.39 is 10.8 Å². The molecule has 3 heterocycles. The minimum atomic E-state index is -0.436. The Hall–Kier alpha value is -3.24. The first-order valence-electron chi connectivity index (χ1n) is 10.1. The number of hydrogen-bond donors (Lipinski definition) is 2. The number of thiophene rings is 1. The number of non-ortho nitro benzene ring substituents is 1. The van der Waals surface area contributed by atoms with E-state index in [1.54, 1.807) is 12.1 Å². The first kappa shape index (κ1) is 20.7. The van der Waals surface area contributed by atoms with Crippen LogP contribution in [0.15, 0.2) is 63.0 Å². The van der Waals surface area contributed by atoms with Crippen molar-refractivity contribution in [1.82, 2.24) is 9.97 Å². The molecule has 1 atom stereocenters. The summed E-state index contributed by atoms with van der Waals surface area (Å²) in [6, 6.07) is 10.2. The number of H-pyrrole nitrogens is 1. The average molecular weight is 467 g/mol. The lowest BCUT2D eigenvalue weighted by Crippen LogP contribution is -2.32. The highest BCUT2D eigenvalue weighted by Crippen LogP contribution is 2.44. The molecule has 0 saturated carbocycles. The van der Waals surface area contributed by atoms with E-state index in [4.69, 9.17) is 0 Å². The molecule has 0 fully saturated rings. The van der Waals surface area contributed by atoms with Gasteiger partial charge in [0.05, 0.1) is 16.4 Å². The third-order valence-electron chi connectivity index (χ3n) is 5.59. The minimum absolute atomic E-state index is 0.0361. The zero-order chi connectivity index (χ0) is 22.2. The molecule has 0 amide bonds. The van der Waals surface area contributed by atoms with Gasteiger partial charge in [0, 0.05) is 40.5 Å². The normalized spacial score (nSPS) is 17.5. The summed E-state index contributed by atoms with van der Waals surface area (Å²) in [6.45, 7) is 0. The summed E-state index contributed by atoms with van der Waals surface area (Å²) in [4.78, 5) is 44.8. The number of nitro benzene ring substituents is 1. The first-order valence-corrected chi connectivity index (χ1v) is 11.9. The van der Waals surface area contributed by atoms with Crippen LogP contribution in [0.25, 0.3) is 0 Å². The third kappa shape index (κ3) is 3.76. The molecule has 2 aromatic heterocycles. The van der Waals surface area contributed by atoms with Gasteiger partial charge in [0.25, 0.3) is 11.2 Å². The molecule has 5 rings (SSSR count). The van der Waals surface area contributed by atoms with Crippen LogP contribution in [0, 0.1) is 10.1 Å². The fourth-order valence-corrected chi connectivity index (χ4v) is 5.77. The van der Waals surface area contributed by atoms with E-state index in [0.29, 0.717) is 34.3 Å². The molecule has 3 aromatic rings. The molecular formula is C22H18N4O4S2. The predicted molar refractivity (Wildman–Crippen MR) is 123 cm³/mol. The molecule has 1 aliphatic heterocycles. The Bertz CT molecular complexity index is 1300. The predicted octanol–water partition coefficient (Wildman–Crippen LogP) is 4.60. The molecule has 32 heavy (non-hydrogen) atoms. The quantitative estimate of drug-likeness (QED) is 0.244. The van der Waals surface area contributed by atoms with Crippen molar-refractivity contribution in [2.45, 2.75) is 36.1 Å². The number of nitrogens with one attached hydrogen (secondary N) is 2. The summed E-state index contributed by atoms with van der Waals surface area (Å²) in [5.41, 5.74) is 2.67. The Labute approximate surface area is 190 Å². The van der Waals surface area contributed by atoms with Crippen molar-refractivity contribution in [3.63, 3.8) is 0 Å². The number of fused-ring (bicyclic) bond motifs is 1. The first-order chi connectivity index (χ1) is 15.5. The van der Waals surface area contributed by atoms with E-state index in [1.165, 1.54) is 35.2 Å². The number of nitrogens with zero attached hydrogens (tertiary/aromatic N) is 2. The number of benzene rings is 1. The number of hydrogen-bond acceptors (Lipinski definition) is 8. The SMILES string of the molecule is O=C1CCCC2=C1[C@@H](c1cccs1)c1c(nc(SCc3ccc([N+](=O)[O-])cc3)[nH]c1=O)N2. The van der Waals surface area contributed by atoms with Gasteiger partial charge in [-0.1, -0.05) is 30.0 Å². The highest BCUT2D eigenvalue weighted by molar-refractivity contribution is 7.98. The number of rotatable bonds is 5. The number of carbonyl (C=O) groups excluding carboxylic acids is 1. The minimum Gasteiger partial charge on any atom is -0.343 e. The van der Waals surface area contributed by atoms with Gasteiger partial charge in [-0.15, -0.1) is 11.3 Å². The Balaban J connectivity index is 1.47. The van der Waals surface area contributed by atoms with Gasteiger partial charge in [0.1, 0.15) is 5.82 Å². The van der Waals surface area contributed by atoms with E-state index >= 15 is 0 Å². The highest BCUT2D eigenvalue weighted by atomic mass is 32.2. The molecule has 0 saturated heterocycles. The number of aromatic amines is 1. The average Bonchev–Trinajstić information content (AvgIpc) is 3.31. The van der Waals surface area contributed by atoms with Gasteiger partial charge in [-0.25, -0.2) is 4.98 Å². The van der Waals surface area contributed by atoms with Crippen LogP contribution in [0.4, 0.5) is 11.5 Å². The van der Waals surface area contributed by atoms with Crippen LogP contribution in [0.1, 0.15) is 41.2 Å². The van der Waals surface area contributed by atoms with Crippen LogP contribution in [0.3, 0.4) is 0 Å². The van der Waals surface area contributed by atoms with Crippen LogP contribution >= 0.6 is 23.1 Å². The smallest absolute Gasteiger partial charge is 0.269 e. The lowest BCUT2D eigenvalue weighted by Gasteiger charge is -2.32. The van der Waals surface area contributed by atoms with Crippen molar-refractivity contribution in [2.75, 3.05) is 5.32 Å². The zero-order valence-corrected chi connectivity index (χ0v) is 18.4. The molecule has 2 aliphatic rings. The largest absolute Gasteiger partial charge is 0.343 e. The Morgan fingerprint density at radius 2 is 2.00 bits per heavy atom. The molecule has 0 bridgehead atoms. The fraction of sp³-hybridized carbons (Fsp3) is 0.227. The van der Waals surface area contributed by atoms with Crippen molar-refractivity contribution in [3.05, 3.63) is 89.5 Å². The Morgan fingerprint density at radius 3 is 2.72 bits per heavy atom. The summed E-state index contributed by atoms with van der Waals surface area (Å²) in [5, 5.41) is 16.5.